The highest BCUT2D eigenvalue weighted by atomic mass is 32.1. The smallest absolute Gasteiger partial charge is 0.153 e. The first kappa shape index (κ1) is 11.8. The van der Waals surface area contributed by atoms with Gasteiger partial charge in [0.05, 0.1) is 24.5 Å². The third-order valence-electron chi connectivity index (χ3n) is 2.52. The van der Waals surface area contributed by atoms with Crippen molar-refractivity contribution in [3.05, 3.63) is 29.8 Å². The number of hydrogen-bond donors (Lipinski definition) is 0. The molecular formula is C12H12N2O2S. The third-order valence-corrected chi connectivity index (χ3v) is 2.64. The van der Waals surface area contributed by atoms with Crippen LogP contribution in [0.15, 0.2) is 34.4 Å². The standard InChI is InChI=1S/C12H12N2O2S/c1-15-10-4-2-9(3-5-10)12-6-11(16-14-12)7-13-8-17/h2-5,11H,6-7H2,1H3. The van der Waals surface area contributed by atoms with Gasteiger partial charge in [-0.05, 0) is 42.0 Å². The van der Waals surface area contributed by atoms with Crippen molar-refractivity contribution < 1.29 is 9.57 Å². The summed E-state index contributed by atoms with van der Waals surface area (Å²) in [5.74, 6) is 0.829. The maximum atomic E-state index is 5.26. The van der Waals surface area contributed by atoms with E-state index in [2.05, 4.69) is 27.5 Å². The Bertz CT molecular complexity index is 464. The zero-order valence-electron chi connectivity index (χ0n) is 9.42. The van der Waals surface area contributed by atoms with Gasteiger partial charge in [-0.3, -0.25) is 0 Å². The molecule has 0 bridgehead atoms. The first-order valence-corrected chi connectivity index (χ1v) is 5.65. The maximum Gasteiger partial charge on any atom is 0.153 e. The molecule has 1 aliphatic heterocycles. The number of aliphatic imine (C=N–C) groups is 1. The molecule has 0 aliphatic carbocycles. The Labute approximate surface area is 105 Å². The van der Waals surface area contributed by atoms with E-state index >= 15 is 0 Å². The largest absolute Gasteiger partial charge is 0.497 e. The number of thiocarbonyl (C=S) groups is 1. The Morgan fingerprint density at radius 2 is 2.29 bits per heavy atom. The lowest BCUT2D eigenvalue weighted by Crippen LogP contribution is -2.11. The number of oxime groups is 1. The van der Waals surface area contributed by atoms with Crippen LogP contribution in [0.4, 0.5) is 0 Å². The molecule has 1 aliphatic rings. The molecule has 1 aromatic rings. The van der Waals surface area contributed by atoms with E-state index < -0.39 is 0 Å². The highest BCUT2D eigenvalue weighted by Crippen LogP contribution is 2.19. The first-order valence-electron chi connectivity index (χ1n) is 5.24. The number of rotatable bonds is 4. The van der Waals surface area contributed by atoms with E-state index in [0.717, 1.165) is 23.4 Å². The molecule has 1 atom stereocenters. The van der Waals surface area contributed by atoms with Crippen molar-refractivity contribution >= 4 is 23.1 Å². The van der Waals surface area contributed by atoms with Crippen molar-refractivity contribution in [2.45, 2.75) is 12.5 Å². The van der Waals surface area contributed by atoms with Gasteiger partial charge in [0.1, 0.15) is 5.75 Å². The Kier molecular flexibility index (Phi) is 3.85. The van der Waals surface area contributed by atoms with Crippen LogP contribution in [0.1, 0.15) is 12.0 Å². The first-order chi connectivity index (χ1) is 8.33. The minimum Gasteiger partial charge on any atom is -0.497 e. The summed E-state index contributed by atoms with van der Waals surface area (Å²) in [4.78, 5) is 9.11. The predicted molar refractivity (Wildman–Crippen MR) is 68.9 cm³/mol. The van der Waals surface area contributed by atoms with Crippen LogP contribution in [-0.4, -0.2) is 30.6 Å². The van der Waals surface area contributed by atoms with Crippen molar-refractivity contribution in [2.24, 2.45) is 10.1 Å². The molecule has 0 saturated carbocycles. The molecule has 0 spiro atoms. The molecule has 0 amide bonds. The highest BCUT2D eigenvalue weighted by molar-refractivity contribution is 7.78. The van der Waals surface area contributed by atoms with Gasteiger partial charge in [0.2, 0.25) is 0 Å². The van der Waals surface area contributed by atoms with Crippen molar-refractivity contribution in [1.82, 2.24) is 0 Å². The van der Waals surface area contributed by atoms with E-state index in [1.807, 2.05) is 24.3 Å². The van der Waals surface area contributed by atoms with Gasteiger partial charge in [0.15, 0.2) is 6.10 Å². The van der Waals surface area contributed by atoms with Crippen molar-refractivity contribution in [3.8, 4) is 5.75 Å². The summed E-state index contributed by atoms with van der Waals surface area (Å²) in [5, 5.41) is 6.37. The Balaban J connectivity index is 2.01. The molecule has 1 heterocycles. The fourth-order valence-corrected chi connectivity index (χ4v) is 1.69. The summed E-state index contributed by atoms with van der Waals surface area (Å²) >= 11 is 4.51. The van der Waals surface area contributed by atoms with Gasteiger partial charge in [-0.15, -0.1) is 0 Å². The zero-order chi connectivity index (χ0) is 12.1. The average molecular weight is 248 g/mol. The molecule has 0 aromatic heterocycles. The molecule has 5 heteroatoms. The van der Waals surface area contributed by atoms with E-state index in [0.29, 0.717) is 6.54 Å². The molecule has 1 aromatic carbocycles. The van der Waals surface area contributed by atoms with Crippen molar-refractivity contribution in [3.63, 3.8) is 0 Å². The van der Waals surface area contributed by atoms with Crippen LogP contribution in [0.5, 0.6) is 5.75 Å². The molecule has 88 valence electrons. The molecule has 1 unspecified atom stereocenters. The Morgan fingerprint density at radius 3 is 2.94 bits per heavy atom. The number of nitrogens with zero attached hydrogens (tertiary/aromatic N) is 2. The Hall–Kier alpha value is -1.71. The van der Waals surface area contributed by atoms with E-state index in [-0.39, 0.29) is 6.10 Å². The van der Waals surface area contributed by atoms with Crippen LogP contribution < -0.4 is 4.74 Å². The SMILES string of the molecule is COc1ccc(C2=NOC(CN=C=S)C2)cc1. The molecular weight excluding hydrogens is 236 g/mol. The summed E-state index contributed by atoms with van der Waals surface area (Å²) in [6.07, 6.45) is 0.717. The molecule has 0 saturated heterocycles. The molecule has 0 fully saturated rings. The highest BCUT2D eigenvalue weighted by Gasteiger charge is 2.21. The van der Waals surface area contributed by atoms with Crippen LogP contribution in [0.2, 0.25) is 0 Å². The Morgan fingerprint density at radius 1 is 1.53 bits per heavy atom. The molecule has 2 rings (SSSR count). The quantitative estimate of drug-likeness (QED) is 0.606. The third kappa shape index (κ3) is 2.90. The molecule has 17 heavy (non-hydrogen) atoms. The monoisotopic (exact) mass is 248 g/mol. The van der Waals surface area contributed by atoms with Gasteiger partial charge < -0.3 is 9.57 Å². The van der Waals surface area contributed by atoms with Gasteiger partial charge in [0, 0.05) is 6.42 Å². The fourth-order valence-electron chi connectivity index (χ4n) is 1.62. The number of ether oxygens (including phenoxy) is 1. The fraction of sp³-hybridized carbons (Fsp3) is 0.333. The predicted octanol–water partition coefficient (Wildman–Crippen LogP) is 2.29. The van der Waals surface area contributed by atoms with Crippen molar-refractivity contribution in [2.75, 3.05) is 13.7 Å². The van der Waals surface area contributed by atoms with Crippen LogP contribution in [0, 0.1) is 0 Å². The minimum absolute atomic E-state index is 0.0254. The van der Waals surface area contributed by atoms with Crippen LogP contribution in [0.3, 0.4) is 0 Å². The van der Waals surface area contributed by atoms with Gasteiger partial charge in [-0.25, -0.2) is 4.99 Å². The summed E-state index contributed by atoms with van der Waals surface area (Å²) in [7, 11) is 1.64. The molecule has 4 nitrogen and oxygen atoms in total. The number of benzene rings is 1. The number of isothiocyanates is 1. The van der Waals surface area contributed by atoms with Gasteiger partial charge in [-0.1, -0.05) is 5.16 Å². The van der Waals surface area contributed by atoms with E-state index in [4.69, 9.17) is 9.57 Å². The second-order valence-electron chi connectivity index (χ2n) is 3.63. The summed E-state index contributed by atoms with van der Waals surface area (Å²) in [5.41, 5.74) is 1.97. The second-order valence-corrected chi connectivity index (χ2v) is 3.81. The summed E-state index contributed by atoms with van der Waals surface area (Å²) < 4.78 is 5.10. The maximum absolute atomic E-state index is 5.26. The minimum atomic E-state index is -0.0254. The summed E-state index contributed by atoms with van der Waals surface area (Å²) in [6.45, 7) is 0.507. The zero-order valence-corrected chi connectivity index (χ0v) is 10.2. The van der Waals surface area contributed by atoms with Crippen LogP contribution in [-0.2, 0) is 4.84 Å². The number of methoxy groups -OCH3 is 1. The lowest BCUT2D eigenvalue weighted by Gasteiger charge is -2.03. The summed E-state index contributed by atoms with van der Waals surface area (Å²) in [6, 6.07) is 7.73. The topological polar surface area (TPSA) is 43.2 Å². The molecule has 0 N–H and O–H groups in total. The van der Waals surface area contributed by atoms with E-state index in [9.17, 15) is 0 Å². The lowest BCUT2D eigenvalue weighted by molar-refractivity contribution is 0.0924. The molecule has 0 radical (unpaired) electrons. The van der Waals surface area contributed by atoms with E-state index in [1.54, 1.807) is 7.11 Å². The second kappa shape index (κ2) is 5.57. The van der Waals surface area contributed by atoms with Crippen LogP contribution in [0.25, 0.3) is 0 Å². The van der Waals surface area contributed by atoms with Gasteiger partial charge >= 0.3 is 0 Å². The normalized spacial score (nSPS) is 17.9. The average Bonchev–Trinajstić information content (AvgIpc) is 2.85. The number of hydrogen-bond acceptors (Lipinski definition) is 5. The van der Waals surface area contributed by atoms with Crippen molar-refractivity contribution in [1.29, 1.82) is 0 Å². The van der Waals surface area contributed by atoms with Gasteiger partial charge in [-0.2, -0.15) is 0 Å². The lowest BCUT2D eigenvalue weighted by atomic mass is 10.1. The van der Waals surface area contributed by atoms with Crippen LogP contribution >= 0.6 is 12.2 Å². The van der Waals surface area contributed by atoms with Gasteiger partial charge in [0.25, 0.3) is 0 Å². The van der Waals surface area contributed by atoms with E-state index in [1.165, 1.54) is 0 Å².